The molecule has 0 bridgehead atoms. The summed E-state index contributed by atoms with van der Waals surface area (Å²) in [4.78, 5) is 33.6. The van der Waals surface area contributed by atoms with Crippen molar-refractivity contribution in [2.45, 2.75) is 6.04 Å². The molecule has 0 N–H and O–H groups in total. The fourth-order valence-corrected chi connectivity index (χ4v) is 2.64. The third kappa shape index (κ3) is 4.53. The minimum Gasteiger partial charge on any atom is -0.291 e. The van der Waals surface area contributed by atoms with Gasteiger partial charge in [0.05, 0.1) is 15.9 Å². The smallest absolute Gasteiger partial charge is 0.291 e. The van der Waals surface area contributed by atoms with Gasteiger partial charge in [0.1, 0.15) is 0 Å². The van der Waals surface area contributed by atoms with E-state index in [2.05, 4.69) is 10.2 Å². The Kier molecular flexibility index (Phi) is 5.79. The Labute approximate surface area is 164 Å². The molecule has 0 aliphatic carbocycles. The van der Waals surface area contributed by atoms with Gasteiger partial charge < -0.3 is 0 Å². The maximum absolute atomic E-state index is 13.0. The predicted octanol–water partition coefficient (Wildman–Crippen LogP) is 5.21. The zero-order chi connectivity index (χ0) is 20.8. The van der Waals surface area contributed by atoms with Crippen LogP contribution in [0.5, 0.6) is 0 Å². The van der Waals surface area contributed by atoms with E-state index in [1.54, 1.807) is 60.7 Å². The average Bonchev–Trinajstić information content (AvgIpc) is 2.75. The Morgan fingerprint density at radius 1 is 0.828 bits per heavy atom. The van der Waals surface area contributed by atoms with Crippen LogP contribution in [-0.4, -0.2) is 15.6 Å². The van der Waals surface area contributed by atoms with Gasteiger partial charge >= 0.3 is 5.69 Å². The van der Waals surface area contributed by atoms with Gasteiger partial charge in [-0.15, -0.1) is 5.11 Å². The van der Waals surface area contributed by atoms with E-state index >= 15 is 0 Å². The Morgan fingerprint density at radius 3 is 2.03 bits per heavy atom. The van der Waals surface area contributed by atoms with Gasteiger partial charge in [-0.2, -0.15) is 5.11 Å². The van der Waals surface area contributed by atoms with Crippen molar-refractivity contribution in [1.82, 2.24) is 0 Å². The summed E-state index contributed by atoms with van der Waals surface area (Å²) in [5.74, 6) is -0.329. The summed E-state index contributed by atoms with van der Waals surface area (Å²) in [5, 5.41) is 30.1. The minimum absolute atomic E-state index is 0.178. The van der Waals surface area contributed by atoms with Gasteiger partial charge in [0.25, 0.3) is 5.69 Å². The SMILES string of the molecule is O=C(c1ccccc1)C(N=Nc1ccc([N+](=O)[O-])cc1[N+](=O)[O-])c1ccccc1. The number of Topliss-reactive ketones (excluding diaryl/α,β-unsaturated/α-hetero) is 1. The van der Waals surface area contributed by atoms with E-state index in [1.807, 2.05) is 0 Å². The van der Waals surface area contributed by atoms with E-state index in [-0.39, 0.29) is 11.5 Å². The molecule has 0 aliphatic rings. The number of benzene rings is 3. The van der Waals surface area contributed by atoms with Gasteiger partial charge in [-0.1, -0.05) is 60.7 Å². The lowest BCUT2D eigenvalue weighted by molar-refractivity contribution is -0.393. The molecular weight excluding hydrogens is 376 g/mol. The highest BCUT2D eigenvalue weighted by Gasteiger charge is 2.23. The van der Waals surface area contributed by atoms with Crippen LogP contribution in [-0.2, 0) is 0 Å². The average molecular weight is 390 g/mol. The van der Waals surface area contributed by atoms with Crippen molar-refractivity contribution in [3.8, 4) is 0 Å². The van der Waals surface area contributed by atoms with Gasteiger partial charge in [-0.05, 0) is 11.6 Å². The van der Waals surface area contributed by atoms with Gasteiger partial charge in [-0.25, -0.2) is 0 Å². The molecule has 0 radical (unpaired) electrons. The highest BCUT2D eigenvalue weighted by atomic mass is 16.6. The predicted molar refractivity (Wildman–Crippen MR) is 104 cm³/mol. The Balaban J connectivity index is 2.02. The highest BCUT2D eigenvalue weighted by molar-refractivity contribution is 6.00. The summed E-state index contributed by atoms with van der Waals surface area (Å²) in [6, 6.07) is 19.2. The molecule has 0 aliphatic heterocycles. The summed E-state index contributed by atoms with van der Waals surface area (Å²) >= 11 is 0. The molecule has 0 fully saturated rings. The molecule has 29 heavy (non-hydrogen) atoms. The molecular formula is C20H14N4O5. The monoisotopic (exact) mass is 390 g/mol. The number of rotatable bonds is 7. The zero-order valence-electron chi connectivity index (χ0n) is 14.9. The van der Waals surface area contributed by atoms with Crippen LogP contribution in [0.2, 0.25) is 0 Å². The number of carbonyl (C=O) groups excluding carboxylic acids is 1. The van der Waals surface area contributed by atoms with E-state index < -0.39 is 27.3 Å². The summed E-state index contributed by atoms with van der Waals surface area (Å²) in [6.07, 6.45) is 0. The Bertz CT molecular complexity index is 1080. The minimum atomic E-state index is -1.02. The largest absolute Gasteiger partial charge is 0.303 e. The maximum Gasteiger partial charge on any atom is 0.303 e. The quantitative estimate of drug-likeness (QED) is 0.237. The van der Waals surface area contributed by atoms with Crippen LogP contribution in [0.1, 0.15) is 22.0 Å². The second-order valence-electron chi connectivity index (χ2n) is 5.95. The van der Waals surface area contributed by atoms with Crippen molar-refractivity contribution >= 4 is 22.8 Å². The van der Waals surface area contributed by atoms with E-state index in [1.165, 1.54) is 0 Å². The van der Waals surface area contributed by atoms with Crippen LogP contribution in [0.4, 0.5) is 17.1 Å². The second-order valence-corrected chi connectivity index (χ2v) is 5.95. The number of hydrogen-bond acceptors (Lipinski definition) is 7. The number of nitro groups is 2. The molecule has 0 saturated heterocycles. The first kappa shape index (κ1) is 19.5. The molecule has 1 unspecified atom stereocenters. The van der Waals surface area contributed by atoms with Gasteiger partial charge in [0, 0.05) is 11.6 Å². The third-order valence-corrected chi connectivity index (χ3v) is 4.07. The first-order valence-corrected chi connectivity index (χ1v) is 8.45. The van der Waals surface area contributed by atoms with Crippen molar-refractivity contribution in [3.05, 3.63) is 110 Å². The Hall–Kier alpha value is -4.27. The summed E-state index contributed by atoms with van der Waals surface area (Å²) in [6.45, 7) is 0. The molecule has 0 heterocycles. The molecule has 0 amide bonds. The maximum atomic E-state index is 13.0. The molecule has 0 saturated carbocycles. The lowest BCUT2D eigenvalue weighted by atomic mass is 9.98. The van der Waals surface area contributed by atoms with Crippen LogP contribution in [0, 0.1) is 20.2 Å². The molecule has 0 aromatic heterocycles. The van der Waals surface area contributed by atoms with Crippen LogP contribution in [0.15, 0.2) is 89.1 Å². The zero-order valence-corrected chi connectivity index (χ0v) is 14.9. The van der Waals surface area contributed by atoms with E-state index in [4.69, 9.17) is 0 Å². The molecule has 9 nitrogen and oxygen atoms in total. The van der Waals surface area contributed by atoms with Crippen LogP contribution in [0.3, 0.4) is 0 Å². The number of ketones is 1. The fourth-order valence-electron chi connectivity index (χ4n) is 2.64. The van der Waals surface area contributed by atoms with Gasteiger partial charge in [0.15, 0.2) is 17.5 Å². The van der Waals surface area contributed by atoms with Gasteiger partial charge in [0.2, 0.25) is 0 Å². The van der Waals surface area contributed by atoms with Crippen LogP contribution >= 0.6 is 0 Å². The standard InChI is InChI=1S/C20H14N4O5/c25-20(15-9-5-2-6-10-15)19(14-7-3-1-4-8-14)22-21-17-12-11-16(23(26)27)13-18(17)24(28)29/h1-13,19H. The van der Waals surface area contributed by atoms with Crippen LogP contribution in [0.25, 0.3) is 0 Å². The molecule has 1 atom stereocenters. The number of hydrogen-bond donors (Lipinski definition) is 0. The van der Waals surface area contributed by atoms with Crippen molar-refractivity contribution in [2.24, 2.45) is 10.2 Å². The van der Waals surface area contributed by atoms with E-state index in [0.717, 1.165) is 18.2 Å². The van der Waals surface area contributed by atoms with E-state index in [0.29, 0.717) is 11.1 Å². The lowest BCUT2D eigenvalue weighted by Gasteiger charge is -2.11. The first-order valence-electron chi connectivity index (χ1n) is 8.45. The summed E-state index contributed by atoms with van der Waals surface area (Å²) in [7, 11) is 0. The number of nitro benzene ring substituents is 2. The number of nitrogens with zero attached hydrogens (tertiary/aromatic N) is 4. The molecule has 3 aromatic carbocycles. The second kappa shape index (κ2) is 8.61. The molecule has 0 spiro atoms. The number of carbonyl (C=O) groups is 1. The topological polar surface area (TPSA) is 128 Å². The van der Waals surface area contributed by atoms with Crippen molar-refractivity contribution in [2.75, 3.05) is 0 Å². The highest BCUT2D eigenvalue weighted by Crippen LogP contribution is 2.33. The fraction of sp³-hybridized carbons (Fsp3) is 0.0500. The summed E-state index contributed by atoms with van der Waals surface area (Å²) < 4.78 is 0. The molecule has 144 valence electrons. The first-order chi connectivity index (χ1) is 14.0. The lowest BCUT2D eigenvalue weighted by Crippen LogP contribution is -2.10. The number of non-ortho nitro benzene ring substituents is 1. The third-order valence-electron chi connectivity index (χ3n) is 4.07. The molecule has 3 aromatic rings. The van der Waals surface area contributed by atoms with Gasteiger partial charge in [-0.3, -0.25) is 25.0 Å². The summed E-state index contributed by atoms with van der Waals surface area (Å²) in [5.41, 5.74) is -0.201. The normalized spacial score (nSPS) is 11.9. The molecule has 3 rings (SSSR count). The molecule has 9 heteroatoms. The van der Waals surface area contributed by atoms with Crippen LogP contribution < -0.4 is 0 Å². The van der Waals surface area contributed by atoms with E-state index in [9.17, 15) is 25.0 Å². The van der Waals surface area contributed by atoms with Crippen molar-refractivity contribution in [1.29, 1.82) is 0 Å². The van der Waals surface area contributed by atoms with Crippen molar-refractivity contribution in [3.63, 3.8) is 0 Å². The Morgan fingerprint density at radius 2 is 1.45 bits per heavy atom. The number of azo groups is 1. The van der Waals surface area contributed by atoms with Crippen molar-refractivity contribution < 1.29 is 14.6 Å².